The van der Waals surface area contributed by atoms with Gasteiger partial charge in [0, 0.05) is 51.9 Å². The molecule has 0 bridgehead atoms. The number of aromatic nitrogens is 3. The minimum Gasteiger partial charge on any atom is -0.505 e. The van der Waals surface area contributed by atoms with Crippen LogP contribution in [-0.2, 0) is 40.5 Å². The second-order valence-electron chi connectivity index (χ2n) is 11.8. The predicted octanol–water partition coefficient (Wildman–Crippen LogP) is 5.14. The van der Waals surface area contributed by atoms with E-state index in [0.29, 0.717) is 6.07 Å². The van der Waals surface area contributed by atoms with E-state index in [0.717, 1.165) is 42.5 Å². The van der Waals surface area contributed by atoms with Crippen molar-refractivity contribution in [2.45, 2.75) is 19.6 Å². The molecule has 8 N–H and O–H groups in total. The van der Waals surface area contributed by atoms with Gasteiger partial charge >= 0.3 is 0 Å². The van der Waals surface area contributed by atoms with Crippen molar-refractivity contribution in [3.8, 4) is 5.75 Å². The van der Waals surface area contributed by atoms with Crippen molar-refractivity contribution in [3.05, 3.63) is 102 Å². The third kappa shape index (κ3) is 10.7. The molecular weight excluding hydrogens is 907 g/mol. The monoisotopic (exact) mass is 929 g/mol. The van der Waals surface area contributed by atoms with E-state index in [9.17, 15) is 61.8 Å². The maximum Gasteiger partial charge on any atom is 0.296 e. The molecule has 5 aromatic carbocycles. The van der Waals surface area contributed by atoms with Crippen molar-refractivity contribution in [1.29, 1.82) is 0 Å². The van der Waals surface area contributed by atoms with Crippen molar-refractivity contribution in [1.82, 2.24) is 15.0 Å². The third-order valence-electron chi connectivity index (χ3n) is 7.75. The largest absolute Gasteiger partial charge is 0.505 e. The molecule has 0 saturated carbocycles. The number of anilines is 5. The van der Waals surface area contributed by atoms with Gasteiger partial charge < -0.3 is 21.1 Å². The van der Waals surface area contributed by atoms with Crippen LogP contribution in [0.4, 0.5) is 40.3 Å². The first-order chi connectivity index (χ1) is 27.5. The summed E-state index contributed by atoms with van der Waals surface area (Å²) in [5, 5.41) is 25.3. The van der Waals surface area contributed by atoms with Crippen LogP contribution in [0.15, 0.2) is 121 Å². The van der Waals surface area contributed by atoms with Crippen molar-refractivity contribution in [2.24, 2.45) is 10.2 Å². The fourth-order valence-electron chi connectivity index (χ4n) is 5.21. The van der Waals surface area contributed by atoms with Crippen LogP contribution in [0.5, 0.6) is 5.75 Å². The maximum absolute atomic E-state index is 13.1. The maximum atomic E-state index is 13.1. The molecule has 307 valence electrons. The Morgan fingerprint density at radius 1 is 0.617 bits per heavy atom. The molecule has 1 aromatic heterocycles. The van der Waals surface area contributed by atoms with Crippen LogP contribution in [-0.4, -0.2) is 107 Å². The van der Waals surface area contributed by atoms with Gasteiger partial charge in [0.15, 0.2) is 5.75 Å². The fourth-order valence-corrected chi connectivity index (χ4v) is 7.65. The van der Waals surface area contributed by atoms with Gasteiger partial charge in [0.2, 0.25) is 17.2 Å². The molecule has 22 nitrogen and oxygen atoms in total. The Kier molecular flexibility index (Phi) is 13.3. The van der Waals surface area contributed by atoms with Gasteiger partial charge in [0.05, 0.1) is 15.5 Å². The number of nitrogens with zero attached hydrogens (tertiary/aromatic N) is 5. The van der Waals surface area contributed by atoms with Crippen LogP contribution in [0.3, 0.4) is 0 Å². The first-order valence-corrected chi connectivity index (χ1v) is 21.8. The number of aromatic hydroxyl groups is 1. The first kappa shape index (κ1) is 45.8. The van der Waals surface area contributed by atoms with Gasteiger partial charge in [0.1, 0.15) is 21.2 Å². The first-order valence-electron chi connectivity index (χ1n) is 15.7. The topological polar surface area (TPSA) is 354 Å². The minimum atomic E-state index is -5.38. The molecular formula is C32H23ClN8NaO14S4. The van der Waals surface area contributed by atoms with Crippen molar-refractivity contribution in [2.75, 3.05) is 16.0 Å². The van der Waals surface area contributed by atoms with Gasteiger partial charge in [-0.25, -0.2) is 0 Å². The molecule has 0 atom stereocenters. The molecule has 6 aromatic rings. The van der Waals surface area contributed by atoms with E-state index in [-0.39, 0.29) is 63.7 Å². The van der Waals surface area contributed by atoms with Gasteiger partial charge in [-0.05, 0) is 89.8 Å². The number of benzene rings is 5. The number of carbonyl (C=O) groups is 1. The third-order valence-corrected chi connectivity index (χ3v) is 11.4. The average Bonchev–Trinajstić information content (AvgIpc) is 3.13. The van der Waals surface area contributed by atoms with Crippen molar-refractivity contribution >= 4 is 139 Å². The van der Waals surface area contributed by atoms with E-state index in [1.807, 2.05) is 0 Å². The molecule has 0 aliphatic carbocycles. The summed E-state index contributed by atoms with van der Waals surface area (Å²) in [5.74, 6) is -2.45. The Labute approximate surface area is 366 Å². The minimum absolute atomic E-state index is 0. The second-order valence-corrected chi connectivity index (χ2v) is 17.7. The molecule has 0 aliphatic heterocycles. The number of fused-ring (bicyclic) bond motifs is 1. The SMILES string of the molecule is O=C(Nc1cc(S(=O)(=O)O)cc2cc(S(=O)(=O)O)c(N=Nc3cc(Nc4nc(Cl)nc(Nc5ccc(S(=O)(=O)O)cc5)n4)ccc3S(=O)(=O)O)c(O)c12)c1ccccc1.[Na]. The van der Waals surface area contributed by atoms with Crippen molar-refractivity contribution in [3.63, 3.8) is 0 Å². The number of phenols is 1. The van der Waals surface area contributed by atoms with E-state index in [1.165, 1.54) is 36.4 Å². The summed E-state index contributed by atoms with van der Waals surface area (Å²) in [5.41, 5.74) is -2.04. The summed E-state index contributed by atoms with van der Waals surface area (Å²) in [4.78, 5) is 21.7. The molecule has 1 heterocycles. The normalized spacial score (nSPS) is 12.2. The van der Waals surface area contributed by atoms with Crippen LogP contribution in [0.1, 0.15) is 10.4 Å². The average molecular weight is 930 g/mol. The van der Waals surface area contributed by atoms with Crippen LogP contribution in [0.2, 0.25) is 5.28 Å². The molecule has 0 aliphatic rings. The molecule has 60 heavy (non-hydrogen) atoms. The van der Waals surface area contributed by atoms with Gasteiger partial charge in [-0.3, -0.25) is 23.0 Å². The molecule has 0 unspecified atom stereocenters. The van der Waals surface area contributed by atoms with Crippen LogP contribution >= 0.6 is 11.6 Å². The molecule has 0 fully saturated rings. The molecule has 1 radical (unpaired) electrons. The predicted molar refractivity (Wildman–Crippen MR) is 213 cm³/mol. The van der Waals surface area contributed by atoms with Crippen LogP contribution < -0.4 is 16.0 Å². The Morgan fingerprint density at radius 3 is 1.75 bits per heavy atom. The number of carbonyl (C=O) groups excluding carboxylic acids is 1. The summed E-state index contributed by atoms with van der Waals surface area (Å²) >= 11 is 6.05. The number of hydrogen-bond acceptors (Lipinski definition) is 17. The summed E-state index contributed by atoms with van der Waals surface area (Å²) in [6.07, 6.45) is 0. The number of phenolic OH excluding ortho intramolecular Hbond substituents is 1. The standard InChI is InChI=1S/C32H23ClN8O14S4.Na/c33-30-37-31(34-18-6-9-20(10-7-18)56(44,45)46)39-32(38-30)35-19-8-11-24(58(50,51)52)22(14-19)40-41-27-25(59(53,54)55)13-17-12-21(57(47,48)49)15-23(26(17)28(27)42)36-29(43)16-4-2-1-3-5-16;/h1-15,42H,(H,36,43)(H,44,45,46)(H,47,48,49)(H,50,51,52)(H,53,54,55)(H2,34,35,37,38,39);. The zero-order valence-corrected chi connectivity index (χ0v) is 35.8. The van der Waals surface area contributed by atoms with Gasteiger partial charge in [0.25, 0.3) is 46.4 Å². The van der Waals surface area contributed by atoms with Gasteiger partial charge in [-0.15, -0.1) is 10.2 Å². The van der Waals surface area contributed by atoms with Crippen molar-refractivity contribution < 1.29 is 61.8 Å². The molecule has 0 saturated heterocycles. The summed E-state index contributed by atoms with van der Waals surface area (Å²) < 4.78 is 136. The molecule has 1 amide bonds. The molecule has 0 spiro atoms. The fraction of sp³-hybridized carbons (Fsp3) is 0. The van der Waals surface area contributed by atoms with E-state index < -0.39 is 99.5 Å². The van der Waals surface area contributed by atoms with E-state index >= 15 is 0 Å². The van der Waals surface area contributed by atoms with E-state index in [4.69, 9.17) is 11.6 Å². The Bertz CT molecular complexity index is 3180. The zero-order chi connectivity index (χ0) is 43.1. The quantitative estimate of drug-likeness (QED) is 0.0447. The molecule has 28 heteroatoms. The Balaban J connectivity index is 0.00000683. The summed E-state index contributed by atoms with van der Waals surface area (Å²) in [6, 6.07) is 17.1. The number of nitrogens with one attached hydrogen (secondary N) is 3. The number of rotatable bonds is 12. The van der Waals surface area contributed by atoms with E-state index in [1.54, 1.807) is 6.07 Å². The van der Waals surface area contributed by atoms with Crippen LogP contribution in [0, 0.1) is 0 Å². The summed E-state index contributed by atoms with van der Waals surface area (Å²) in [7, 11) is -20.0. The summed E-state index contributed by atoms with van der Waals surface area (Å²) in [6.45, 7) is 0. The van der Waals surface area contributed by atoms with Gasteiger partial charge in [-0.2, -0.15) is 48.6 Å². The Hall–Kier alpha value is -5.23. The Morgan fingerprint density at radius 2 is 1.18 bits per heavy atom. The second kappa shape index (κ2) is 17.4. The van der Waals surface area contributed by atoms with Gasteiger partial charge in [-0.1, -0.05) is 18.2 Å². The number of hydrogen-bond donors (Lipinski definition) is 8. The number of halogens is 1. The van der Waals surface area contributed by atoms with E-state index in [2.05, 4.69) is 41.1 Å². The molecule has 6 rings (SSSR count). The zero-order valence-electron chi connectivity index (χ0n) is 29.8. The number of amides is 1. The number of azo groups is 1. The smallest absolute Gasteiger partial charge is 0.296 e. The van der Waals surface area contributed by atoms with Crippen LogP contribution in [0.25, 0.3) is 10.8 Å².